The van der Waals surface area contributed by atoms with Gasteiger partial charge >= 0.3 is 0 Å². The van der Waals surface area contributed by atoms with E-state index in [0.29, 0.717) is 23.9 Å². The third-order valence-corrected chi connectivity index (χ3v) is 6.60. The number of rotatable bonds is 9. The summed E-state index contributed by atoms with van der Waals surface area (Å²) in [7, 11) is -3.81. The number of nitrogens with one attached hydrogen (secondary N) is 1. The predicted molar refractivity (Wildman–Crippen MR) is 111 cm³/mol. The lowest BCUT2D eigenvalue weighted by atomic mass is 10.2. The maximum Gasteiger partial charge on any atom is 0.243 e. The molecule has 1 aliphatic heterocycles. The van der Waals surface area contributed by atoms with Gasteiger partial charge < -0.3 is 19.5 Å². The quantitative estimate of drug-likeness (QED) is 0.652. The van der Waals surface area contributed by atoms with E-state index in [-0.39, 0.29) is 37.2 Å². The first-order valence-electron chi connectivity index (χ1n) is 9.74. The lowest BCUT2D eigenvalue weighted by Gasteiger charge is -2.21. The smallest absolute Gasteiger partial charge is 0.243 e. The molecule has 2 aromatic rings. The fraction of sp³-hybridized carbons (Fsp3) is 0.381. The van der Waals surface area contributed by atoms with Crippen LogP contribution in [-0.2, 0) is 21.4 Å². The lowest BCUT2D eigenvalue weighted by molar-refractivity contribution is -0.121. The molecule has 2 aromatic carbocycles. The number of ether oxygens (including phenoxy) is 3. The van der Waals surface area contributed by atoms with Crippen molar-refractivity contribution in [2.75, 3.05) is 26.5 Å². The van der Waals surface area contributed by atoms with Crippen LogP contribution < -0.4 is 19.5 Å². The van der Waals surface area contributed by atoms with Crippen LogP contribution in [0.5, 0.6) is 17.2 Å². The maximum absolute atomic E-state index is 13.0. The van der Waals surface area contributed by atoms with Crippen LogP contribution >= 0.6 is 0 Å². The number of nitrogens with zero attached hydrogens (tertiary/aromatic N) is 1. The summed E-state index contributed by atoms with van der Waals surface area (Å²) in [6.07, 6.45) is 0. The molecule has 30 heavy (non-hydrogen) atoms. The molecule has 1 heterocycles. The van der Waals surface area contributed by atoms with Crippen molar-refractivity contribution < 1.29 is 27.4 Å². The van der Waals surface area contributed by atoms with Gasteiger partial charge in [0, 0.05) is 13.1 Å². The highest BCUT2D eigenvalue weighted by atomic mass is 32.2. The molecular weight excluding hydrogens is 408 g/mol. The van der Waals surface area contributed by atoms with Crippen LogP contribution in [0.3, 0.4) is 0 Å². The van der Waals surface area contributed by atoms with E-state index in [1.807, 2.05) is 13.0 Å². The van der Waals surface area contributed by atoms with Gasteiger partial charge in [0.25, 0.3) is 0 Å². The van der Waals surface area contributed by atoms with Gasteiger partial charge in [0.05, 0.1) is 18.0 Å². The van der Waals surface area contributed by atoms with E-state index >= 15 is 0 Å². The number of hydrogen-bond donors (Lipinski definition) is 1. The van der Waals surface area contributed by atoms with E-state index in [1.54, 1.807) is 38.1 Å². The summed E-state index contributed by atoms with van der Waals surface area (Å²) in [5.74, 6) is 1.55. The van der Waals surface area contributed by atoms with Crippen LogP contribution in [0.25, 0.3) is 0 Å². The van der Waals surface area contributed by atoms with Crippen LogP contribution in [0.2, 0.25) is 0 Å². The second-order valence-corrected chi connectivity index (χ2v) is 8.69. The molecule has 1 amide bonds. The Morgan fingerprint density at radius 2 is 1.90 bits per heavy atom. The Hall–Kier alpha value is -2.78. The number of carbonyl (C=O) groups is 1. The molecule has 0 atom stereocenters. The fourth-order valence-electron chi connectivity index (χ4n) is 3.08. The molecule has 8 nitrogen and oxygen atoms in total. The number of fused-ring (bicyclic) bond motifs is 1. The normalized spacial score (nSPS) is 12.8. The Balaban J connectivity index is 1.64. The number of benzene rings is 2. The highest BCUT2D eigenvalue weighted by molar-refractivity contribution is 7.89. The minimum atomic E-state index is -3.81. The molecule has 0 aromatic heterocycles. The topological polar surface area (TPSA) is 94.2 Å². The highest BCUT2D eigenvalue weighted by Gasteiger charge is 2.26. The number of amides is 1. The fourth-order valence-corrected chi connectivity index (χ4v) is 4.57. The first-order chi connectivity index (χ1) is 14.3. The van der Waals surface area contributed by atoms with Gasteiger partial charge in [-0.2, -0.15) is 4.31 Å². The van der Waals surface area contributed by atoms with Crippen LogP contribution in [0.15, 0.2) is 41.3 Å². The van der Waals surface area contributed by atoms with E-state index in [4.69, 9.17) is 14.2 Å². The van der Waals surface area contributed by atoms with Crippen LogP contribution in [-0.4, -0.2) is 45.1 Å². The molecule has 0 bridgehead atoms. The lowest BCUT2D eigenvalue weighted by Crippen LogP contribution is -2.40. The van der Waals surface area contributed by atoms with Gasteiger partial charge in [0.15, 0.2) is 11.5 Å². The Kier molecular flexibility index (Phi) is 6.84. The summed E-state index contributed by atoms with van der Waals surface area (Å²) in [5.41, 5.74) is 1.56. The van der Waals surface area contributed by atoms with E-state index < -0.39 is 10.0 Å². The van der Waals surface area contributed by atoms with Crippen molar-refractivity contribution in [1.82, 2.24) is 9.62 Å². The van der Waals surface area contributed by atoms with E-state index in [2.05, 4.69) is 5.32 Å². The Bertz CT molecular complexity index is 1020. The summed E-state index contributed by atoms with van der Waals surface area (Å²) in [4.78, 5) is 12.5. The highest BCUT2D eigenvalue weighted by Crippen LogP contribution is 2.32. The van der Waals surface area contributed by atoms with Crippen LogP contribution in [0.4, 0.5) is 0 Å². The average Bonchev–Trinajstić information content (AvgIpc) is 3.19. The van der Waals surface area contributed by atoms with Crippen molar-refractivity contribution in [3.63, 3.8) is 0 Å². The Morgan fingerprint density at radius 3 is 2.60 bits per heavy atom. The monoisotopic (exact) mass is 434 g/mol. The largest absolute Gasteiger partial charge is 0.494 e. The third kappa shape index (κ3) is 4.85. The third-order valence-electron chi connectivity index (χ3n) is 4.68. The molecule has 1 N–H and O–H groups in total. The first kappa shape index (κ1) is 21.9. The molecule has 3 rings (SSSR count). The molecule has 9 heteroatoms. The molecule has 0 spiro atoms. The van der Waals surface area contributed by atoms with Crippen molar-refractivity contribution in [3.05, 3.63) is 47.5 Å². The zero-order valence-electron chi connectivity index (χ0n) is 17.3. The molecule has 0 radical (unpaired) electrons. The zero-order chi connectivity index (χ0) is 21.7. The molecule has 0 saturated carbocycles. The number of hydrogen-bond acceptors (Lipinski definition) is 6. The molecule has 1 aliphatic rings. The summed E-state index contributed by atoms with van der Waals surface area (Å²) >= 11 is 0. The zero-order valence-corrected chi connectivity index (χ0v) is 18.1. The number of sulfonamides is 1. The number of likely N-dealkylation sites (N-methyl/N-ethyl adjacent to an activating group) is 1. The predicted octanol–water partition coefficient (Wildman–Crippen LogP) is 2.45. The average molecular weight is 435 g/mol. The van der Waals surface area contributed by atoms with Gasteiger partial charge in [-0.1, -0.05) is 13.0 Å². The summed E-state index contributed by atoms with van der Waals surface area (Å²) in [6.45, 7) is 6.20. The van der Waals surface area contributed by atoms with Gasteiger partial charge in [-0.05, 0) is 55.3 Å². The molecule has 0 fully saturated rings. The summed E-state index contributed by atoms with van der Waals surface area (Å²) in [6, 6.07) is 10.1. The van der Waals surface area contributed by atoms with Crippen molar-refractivity contribution in [3.8, 4) is 17.2 Å². The SMILES string of the molecule is CCOc1ccc(S(=O)(=O)N(CC)CC(=O)NCc2ccc3c(c2)OCO3)cc1C. The minimum Gasteiger partial charge on any atom is -0.494 e. The van der Waals surface area contributed by atoms with E-state index in [1.165, 1.54) is 6.07 Å². The first-order valence-corrected chi connectivity index (χ1v) is 11.2. The van der Waals surface area contributed by atoms with Crippen molar-refractivity contribution in [2.24, 2.45) is 0 Å². The van der Waals surface area contributed by atoms with Gasteiger partial charge in [0.1, 0.15) is 5.75 Å². The van der Waals surface area contributed by atoms with E-state index in [9.17, 15) is 13.2 Å². The number of carbonyl (C=O) groups excluding carboxylic acids is 1. The molecule has 0 aliphatic carbocycles. The van der Waals surface area contributed by atoms with Crippen LogP contribution in [0.1, 0.15) is 25.0 Å². The van der Waals surface area contributed by atoms with Gasteiger partial charge in [0.2, 0.25) is 22.7 Å². The van der Waals surface area contributed by atoms with Gasteiger partial charge in [-0.3, -0.25) is 4.79 Å². The van der Waals surface area contributed by atoms with Crippen LogP contribution in [0, 0.1) is 6.92 Å². The molecule has 162 valence electrons. The molecular formula is C21H26N2O6S. The van der Waals surface area contributed by atoms with Crippen molar-refractivity contribution in [2.45, 2.75) is 32.2 Å². The second-order valence-electron chi connectivity index (χ2n) is 6.76. The summed E-state index contributed by atoms with van der Waals surface area (Å²) < 4.78 is 43.2. The number of aryl methyl sites for hydroxylation is 1. The Labute approximate surface area is 176 Å². The summed E-state index contributed by atoms with van der Waals surface area (Å²) in [5, 5.41) is 2.75. The maximum atomic E-state index is 13.0. The molecule has 0 unspecified atom stereocenters. The van der Waals surface area contributed by atoms with Gasteiger partial charge in [-0.25, -0.2) is 8.42 Å². The second kappa shape index (κ2) is 9.36. The Morgan fingerprint density at radius 1 is 1.13 bits per heavy atom. The molecule has 0 saturated heterocycles. The van der Waals surface area contributed by atoms with Crippen molar-refractivity contribution in [1.29, 1.82) is 0 Å². The minimum absolute atomic E-state index is 0.133. The van der Waals surface area contributed by atoms with Crippen molar-refractivity contribution >= 4 is 15.9 Å². The van der Waals surface area contributed by atoms with Gasteiger partial charge in [-0.15, -0.1) is 0 Å². The standard InChI is InChI=1S/C21H26N2O6S/c1-4-23(30(25,26)17-7-9-18(27-5-2)15(3)10-17)13-21(24)22-12-16-6-8-19-20(11-16)29-14-28-19/h6-11H,4-5,12-14H2,1-3H3,(H,22,24). The van der Waals surface area contributed by atoms with E-state index in [0.717, 1.165) is 15.4 Å².